The Morgan fingerprint density at radius 2 is 0.962 bits per heavy atom. The summed E-state index contributed by atoms with van der Waals surface area (Å²) < 4.78 is -0.359. The molecule has 0 amide bonds. The first-order valence-corrected chi connectivity index (χ1v) is 23.5. The molecule has 0 fully saturated rings. The SMILES string of the molecule is CC(C)P(C(C)C)[C]1([Fe])C=CC(C(C)(C)C)=C1C1(P(c2ccccc2)c2ccccc2)C=C(C(C)(C)C)C=C1P(c1ccccc1)c1ccccc1. The first kappa shape index (κ1) is 39.3. The van der Waals surface area contributed by atoms with E-state index in [-0.39, 0.29) is 14.9 Å². The summed E-state index contributed by atoms with van der Waals surface area (Å²) in [5.74, 6) is 0. The van der Waals surface area contributed by atoms with E-state index in [1.165, 1.54) is 32.4 Å². The predicted octanol–water partition coefficient (Wildman–Crippen LogP) is 12.3. The molecule has 0 aromatic heterocycles. The average molecular weight is 782 g/mol. The molecule has 0 saturated carbocycles. The van der Waals surface area contributed by atoms with Crippen molar-refractivity contribution in [2.45, 2.75) is 89.8 Å². The molecule has 0 bridgehead atoms. The van der Waals surface area contributed by atoms with Crippen molar-refractivity contribution in [1.29, 1.82) is 0 Å². The Labute approximate surface area is 327 Å². The first-order valence-electron chi connectivity index (χ1n) is 18.8. The van der Waals surface area contributed by atoms with Gasteiger partial charge in [-0.1, -0.05) is 0 Å². The summed E-state index contributed by atoms with van der Waals surface area (Å²) in [4.78, 5) is 0. The normalized spacial score (nSPS) is 20.9. The van der Waals surface area contributed by atoms with E-state index in [1.54, 1.807) is 10.9 Å². The van der Waals surface area contributed by atoms with Crippen LogP contribution in [0.5, 0.6) is 0 Å². The fourth-order valence-corrected chi connectivity index (χ4v) is 20.4. The van der Waals surface area contributed by atoms with Crippen LogP contribution in [-0.2, 0) is 16.0 Å². The second kappa shape index (κ2) is 15.4. The fraction of sp³-hybridized carbons (Fsp3) is 0.333. The molecule has 0 heterocycles. The third kappa shape index (κ3) is 7.37. The van der Waals surface area contributed by atoms with Gasteiger partial charge in [-0.15, -0.1) is 0 Å². The van der Waals surface area contributed by atoms with Gasteiger partial charge in [0.1, 0.15) is 0 Å². The van der Waals surface area contributed by atoms with Gasteiger partial charge in [-0.2, -0.15) is 0 Å². The molecule has 271 valence electrons. The topological polar surface area (TPSA) is 0 Å². The van der Waals surface area contributed by atoms with Gasteiger partial charge in [0.25, 0.3) is 0 Å². The molecule has 0 spiro atoms. The average Bonchev–Trinajstić information content (AvgIpc) is 3.66. The molecule has 0 aliphatic heterocycles. The Morgan fingerprint density at radius 1 is 0.558 bits per heavy atom. The molecule has 2 atom stereocenters. The molecule has 0 saturated heterocycles. The Morgan fingerprint density at radius 3 is 1.33 bits per heavy atom. The van der Waals surface area contributed by atoms with Gasteiger partial charge >= 0.3 is 329 Å². The Bertz CT molecular complexity index is 1870. The van der Waals surface area contributed by atoms with Crippen LogP contribution in [0.3, 0.4) is 0 Å². The van der Waals surface area contributed by atoms with Crippen LogP contribution < -0.4 is 21.2 Å². The molecule has 4 heteroatoms. The van der Waals surface area contributed by atoms with Gasteiger partial charge in [-0.25, -0.2) is 0 Å². The van der Waals surface area contributed by atoms with Gasteiger partial charge in [0, 0.05) is 0 Å². The summed E-state index contributed by atoms with van der Waals surface area (Å²) in [6, 6.07) is 45.8. The van der Waals surface area contributed by atoms with Crippen molar-refractivity contribution >= 4 is 45.0 Å². The Hall–Kier alpha value is -2.35. The standard InChI is InChI=1S/C48H56P3.Fe/c1-35(2)49(36(3)4)43-32-31-42(47(8,9)10)45(43)48(51(40-27-19-13-20-28-40)41-29-21-14-22-30-41)34-37(46(5,6)7)33-44(48)50(38-23-15-11-16-24-38)39-25-17-12-18-26-39;/h11-36H,1-10H3;. The molecule has 0 radical (unpaired) electrons. The second-order valence-electron chi connectivity index (χ2n) is 16.8. The molecular weight excluding hydrogens is 725 g/mol. The van der Waals surface area contributed by atoms with E-state index in [0.29, 0.717) is 11.3 Å². The number of hydrogen-bond donors (Lipinski definition) is 0. The molecule has 4 aromatic carbocycles. The summed E-state index contributed by atoms with van der Waals surface area (Å²) in [5.41, 5.74) is 5.30. The summed E-state index contributed by atoms with van der Waals surface area (Å²) in [7, 11) is -2.54. The predicted molar refractivity (Wildman–Crippen MR) is 232 cm³/mol. The monoisotopic (exact) mass is 781 g/mol. The maximum atomic E-state index is 5.49. The van der Waals surface area contributed by atoms with Gasteiger partial charge in [0.15, 0.2) is 0 Å². The van der Waals surface area contributed by atoms with Crippen LogP contribution >= 0.6 is 23.8 Å². The number of benzene rings is 4. The van der Waals surface area contributed by atoms with Crippen molar-refractivity contribution in [3.63, 3.8) is 0 Å². The van der Waals surface area contributed by atoms with Crippen LogP contribution in [0.1, 0.15) is 69.2 Å². The zero-order valence-electron chi connectivity index (χ0n) is 32.7. The zero-order valence-corrected chi connectivity index (χ0v) is 36.5. The Balaban J connectivity index is 1.88. The van der Waals surface area contributed by atoms with Crippen molar-refractivity contribution in [1.82, 2.24) is 0 Å². The van der Waals surface area contributed by atoms with Crippen LogP contribution in [-0.4, -0.2) is 20.5 Å². The van der Waals surface area contributed by atoms with Gasteiger partial charge in [-0.3, -0.25) is 0 Å². The van der Waals surface area contributed by atoms with E-state index < -0.39 is 28.9 Å². The van der Waals surface area contributed by atoms with Crippen molar-refractivity contribution in [2.75, 3.05) is 0 Å². The first-order chi connectivity index (χ1) is 24.6. The van der Waals surface area contributed by atoms with Crippen LogP contribution in [0.2, 0.25) is 0 Å². The van der Waals surface area contributed by atoms with E-state index in [1.807, 2.05) is 0 Å². The van der Waals surface area contributed by atoms with Crippen LogP contribution in [0, 0.1) is 10.8 Å². The molecule has 2 unspecified atom stereocenters. The van der Waals surface area contributed by atoms with Crippen molar-refractivity contribution < 1.29 is 16.0 Å². The number of allylic oxidation sites excluding steroid dienone is 8. The maximum absolute atomic E-state index is 5.49. The summed E-state index contributed by atoms with van der Waals surface area (Å²) in [6.07, 6.45) is 10.5. The third-order valence-electron chi connectivity index (χ3n) is 10.3. The second-order valence-corrected chi connectivity index (χ2v) is 26.2. The van der Waals surface area contributed by atoms with Crippen LogP contribution in [0.25, 0.3) is 0 Å². The van der Waals surface area contributed by atoms with Gasteiger partial charge in [-0.05, 0) is 0 Å². The van der Waals surface area contributed by atoms with E-state index in [9.17, 15) is 0 Å². The molecular formula is C48H56FeP3. The fourth-order valence-electron chi connectivity index (χ4n) is 8.24. The molecule has 6 rings (SSSR count). The summed E-state index contributed by atoms with van der Waals surface area (Å²) >= 11 is 5.49. The minimum absolute atomic E-state index is 0.0606. The van der Waals surface area contributed by atoms with E-state index in [0.717, 1.165) is 0 Å². The third-order valence-corrected chi connectivity index (χ3v) is 20.7. The van der Waals surface area contributed by atoms with E-state index in [2.05, 4.69) is 215 Å². The molecule has 2 aliphatic carbocycles. The van der Waals surface area contributed by atoms with E-state index in [4.69, 9.17) is 16.0 Å². The number of rotatable bonds is 10. The molecule has 0 N–H and O–H groups in total. The van der Waals surface area contributed by atoms with Crippen LogP contribution in [0.15, 0.2) is 168 Å². The molecule has 0 nitrogen and oxygen atoms in total. The van der Waals surface area contributed by atoms with Gasteiger partial charge in [0.05, 0.1) is 0 Å². The quantitative estimate of drug-likeness (QED) is 0.111. The Kier molecular flexibility index (Phi) is 11.7. The van der Waals surface area contributed by atoms with Gasteiger partial charge < -0.3 is 0 Å². The van der Waals surface area contributed by atoms with Crippen molar-refractivity contribution in [3.05, 3.63) is 168 Å². The van der Waals surface area contributed by atoms with Gasteiger partial charge in [0.2, 0.25) is 0 Å². The minimum atomic E-state index is -1.03. The number of hydrogen-bond acceptors (Lipinski definition) is 0. The summed E-state index contributed by atoms with van der Waals surface area (Å²) in [6.45, 7) is 24.3. The van der Waals surface area contributed by atoms with Crippen molar-refractivity contribution in [2.24, 2.45) is 10.8 Å². The van der Waals surface area contributed by atoms with E-state index >= 15 is 0 Å². The molecule has 2 aliphatic rings. The zero-order chi connectivity index (χ0) is 37.5. The molecule has 4 aromatic rings. The summed E-state index contributed by atoms with van der Waals surface area (Å²) in [5, 5.41) is 6.70. The van der Waals surface area contributed by atoms with Crippen LogP contribution in [0.4, 0.5) is 0 Å². The molecule has 52 heavy (non-hydrogen) atoms. The van der Waals surface area contributed by atoms with Crippen molar-refractivity contribution in [3.8, 4) is 0 Å².